The van der Waals surface area contributed by atoms with Crippen LogP contribution in [-0.4, -0.2) is 13.1 Å². The highest BCUT2D eigenvalue weighted by Crippen LogP contribution is 2.43. The van der Waals surface area contributed by atoms with Gasteiger partial charge >= 0.3 is 0 Å². The van der Waals surface area contributed by atoms with Crippen LogP contribution >= 0.6 is 0 Å². The van der Waals surface area contributed by atoms with Crippen LogP contribution in [-0.2, 0) is 0 Å². The summed E-state index contributed by atoms with van der Waals surface area (Å²) in [6, 6.07) is 0.766. The molecule has 0 spiro atoms. The van der Waals surface area contributed by atoms with Crippen molar-refractivity contribution in [2.75, 3.05) is 7.05 Å². The van der Waals surface area contributed by atoms with E-state index < -0.39 is 0 Å². The Morgan fingerprint density at radius 1 is 1.29 bits per heavy atom. The van der Waals surface area contributed by atoms with Crippen molar-refractivity contribution in [1.29, 1.82) is 0 Å². The summed E-state index contributed by atoms with van der Waals surface area (Å²) in [6.45, 7) is 9.64. The number of hydrogen-bond acceptors (Lipinski definition) is 1. The first-order chi connectivity index (χ1) is 6.51. The van der Waals surface area contributed by atoms with Gasteiger partial charge < -0.3 is 5.32 Å². The minimum atomic E-state index is 0.523. The molecular formula is C13H27N. The van der Waals surface area contributed by atoms with Gasteiger partial charge in [-0.1, -0.05) is 34.1 Å². The van der Waals surface area contributed by atoms with Crippen LogP contribution in [0.15, 0.2) is 0 Å². The first-order valence-corrected chi connectivity index (χ1v) is 6.18. The van der Waals surface area contributed by atoms with E-state index in [9.17, 15) is 0 Å². The monoisotopic (exact) mass is 197 g/mol. The molecule has 1 heteroatoms. The predicted molar refractivity (Wildman–Crippen MR) is 63.4 cm³/mol. The second kappa shape index (κ2) is 4.65. The summed E-state index contributed by atoms with van der Waals surface area (Å²) in [4.78, 5) is 0. The quantitative estimate of drug-likeness (QED) is 0.731. The topological polar surface area (TPSA) is 12.0 Å². The van der Waals surface area contributed by atoms with Crippen LogP contribution in [0.3, 0.4) is 0 Å². The molecule has 0 heterocycles. The summed E-state index contributed by atoms with van der Waals surface area (Å²) in [5, 5.41) is 3.45. The average Bonchev–Trinajstić information content (AvgIpc) is 2.18. The van der Waals surface area contributed by atoms with Crippen LogP contribution in [0, 0.1) is 17.3 Å². The van der Waals surface area contributed by atoms with Crippen molar-refractivity contribution < 1.29 is 0 Å². The fourth-order valence-electron chi connectivity index (χ4n) is 2.94. The molecule has 0 aromatic heterocycles. The zero-order valence-corrected chi connectivity index (χ0v) is 10.6. The summed E-state index contributed by atoms with van der Waals surface area (Å²) in [7, 11) is 2.11. The molecular weight excluding hydrogens is 170 g/mol. The van der Waals surface area contributed by atoms with E-state index in [-0.39, 0.29) is 0 Å². The van der Waals surface area contributed by atoms with Crippen LogP contribution in [0.2, 0.25) is 0 Å². The van der Waals surface area contributed by atoms with E-state index in [1.54, 1.807) is 0 Å². The fraction of sp³-hybridized carbons (Fsp3) is 1.00. The van der Waals surface area contributed by atoms with E-state index in [2.05, 4.69) is 40.1 Å². The maximum absolute atomic E-state index is 3.45. The summed E-state index contributed by atoms with van der Waals surface area (Å²) in [5.41, 5.74) is 0.523. The lowest BCUT2D eigenvalue weighted by Gasteiger charge is -2.43. The van der Waals surface area contributed by atoms with Gasteiger partial charge in [0, 0.05) is 6.04 Å². The van der Waals surface area contributed by atoms with Gasteiger partial charge in [-0.15, -0.1) is 0 Å². The van der Waals surface area contributed by atoms with Crippen LogP contribution in [0.25, 0.3) is 0 Å². The van der Waals surface area contributed by atoms with E-state index in [4.69, 9.17) is 0 Å². The Morgan fingerprint density at radius 2 is 1.93 bits per heavy atom. The van der Waals surface area contributed by atoms with Crippen molar-refractivity contribution in [2.45, 2.75) is 59.4 Å². The lowest BCUT2D eigenvalue weighted by atomic mass is 9.64. The van der Waals surface area contributed by atoms with Gasteiger partial charge in [-0.3, -0.25) is 0 Å². The van der Waals surface area contributed by atoms with Gasteiger partial charge in [0.15, 0.2) is 0 Å². The predicted octanol–water partition coefficient (Wildman–Crippen LogP) is 3.45. The molecule has 1 N–H and O–H groups in total. The summed E-state index contributed by atoms with van der Waals surface area (Å²) in [6.07, 6.45) is 5.45. The molecule has 1 fully saturated rings. The zero-order chi connectivity index (χ0) is 10.8. The number of hydrogen-bond donors (Lipinski definition) is 1. The first-order valence-electron chi connectivity index (χ1n) is 6.18. The molecule has 1 nitrogen and oxygen atoms in total. The number of rotatable bonds is 3. The molecule has 1 aliphatic carbocycles. The molecule has 0 amide bonds. The van der Waals surface area contributed by atoms with Crippen LogP contribution in [0.1, 0.15) is 53.4 Å². The molecule has 0 aliphatic heterocycles. The van der Waals surface area contributed by atoms with E-state index in [1.165, 1.54) is 25.7 Å². The molecule has 0 bridgehead atoms. The Bertz CT molecular complexity index is 174. The zero-order valence-electron chi connectivity index (χ0n) is 10.6. The van der Waals surface area contributed by atoms with E-state index in [0.29, 0.717) is 5.41 Å². The Kier molecular flexibility index (Phi) is 4.00. The van der Waals surface area contributed by atoms with Gasteiger partial charge in [0.25, 0.3) is 0 Å². The normalized spacial score (nSPS) is 34.5. The van der Waals surface area contributed by atoms with Gasteiger partial charge in [-0.05, 0) is 43.6 Å². The third kappa shape index (κ3) is 2.50. The van der Waals surface area contributed by atoms with E-state index in [1.807, 2.05) is 0 Å². The van der Waals surface area contributed by atoms with Crippen LogP contribution in [0.5, 0.6) is 0 Å². The molecule has 0 saturated heterocycles. The van der Waals surface area contributed by atoms with Crippen molar-refractivity contribution in [1.82, 2.24) is 5.32 Å². The smallest absolute Gasteiger partial charge is 0.00671 e. The van der Waals surface area contributed by atoms with Gasteiger partial charge in [-0.2, -0.15) is 0 Å². The highest BCUT2D eigenvalue weighted by molar-refractivity contribution is 4.88. The van der Waals surface area contributed by atoms with Crippen LogP contribution < -0.4 is 5.32 Å². The minimum Gasteiger partial charge on any atom is -0.317 e. The summed E-state index contributed by atoms with van der Waals surface area (Å²) in [5.74, 6) is 1.81. The van der Waals surface area contributed by atoms with Crippen LogP contribution in [0.4, 0.5) is 0 Å². The Morgan fingerprint density at radius 3 is 2.43 bits per heavy atom. The Balaban J connectivity index is 2.65. The largest absolute Gasteiger partial charge is 0.317 e. The van der Waals surface area contributed by atoms with Crippen molar-refractivity contribution in [2.24, 2.45) is 17.3 Å². The highest BCUT2D eigenvalue weighted by Gasteiger charge is 2.36. The maximum atomic E-state index is 3.45. The standard InChI is InChI=1S/C13H27N/c1-6-13(3,4)12-9-11(14-5)8-7-10(12)2/h10-12,14H,6-9H2,1-5H3. The first kappa shape index (κ1) is 12.0. The molecule has 14 heavy (non-hydrogen) atoms. The minimum absolute atomic E-state index is 0.523. The number of nitrogens with one attached hydrogen (secondary N) is 1. The Labute approximate surface area is 89.7 Å². The second-order valence-electron chi connectivity index (χ2n) is 5.72. The summed E-state index contributed by atoms with van der Waals surface area (Å²) >= 11 is 0. The highest BCUT2D eigenvalue weighted by atomic mass is 14.9. The molecule has 3 atom stereocenters. The van der Waals surface area contributed by atoms with Gasteiger partial charge in [0.1, 0.15) is 0 Å². The van der Waals surface area contributed by atoms with Gasteiger partial charge in [0.05, 0.1) is 0 Å². The fourth-order valence-corrected chi connectivity index (χ4v) is 2.94. The van der Waals surface area contributed by atoms with Crippen molar-refractivity contribution in [3.05, 3.63) is 0 Å². The molecule has 0 aromatic rings. The molecule has 0 radical (unpaired) electrons. The van der Waals surface area contributed by atoms with Gasteiger partial charge in [0.2, 0.25) is 0 Å². The molecule has 1 aliphatic rings. The molecule has 0 aromatic carbocycles. The third-order valence-electron chi connectivity index (χ3n) is 4.52. The van der Waals surface area contributed by atoms with Crippen molar-refractivity contribution >= 4 is 0 Å². The van der Waals surface area contributed by atoms with E-state index >= 15 is 0 Å². The third-order valence-corrected chi connectivity index (χ3v) is 4.52. The van der Waals surface area contributed by atoms with Crippen molar-refractivity contribution in [3.8, 4) is 0 Å². The maximum Gasteiger partial charge on any atom is 0.00671 e. The van der Waals surface area contributed by atoms with Crippen molar-refractivity contribution in [3.63, 3.8) is 0 Å². The van der Waals surface area contributed by atoms with E-state index in [0.717, 1.165) is 17.9 Å². The Hall–Kier alpha value is -0.0400. The van der Waals surface area contributed by atoms with Gasteiger partial charge in [-0.25, -0.2) is 0 Å². The summed E-state index contributed by atoms with van der Waals surface area (Å²) < 4.78 is 0. The average molecular weight is 197 g/mol. The molecule has 3 unspecified atom stereocenters. The second-order valence-corrected chi connectivity index (χ2v) is 5.72. The molecule has 1 saturated carbocycles. The SMILES string of the molecule is CCC(C)(C)C1CC(NC)CCC1C. The lowest BCUT2D eigenvalue weighted by molar-refractivity contribution is 0.0823. The molecule has 84 valence electrons. The molecule has 1 rings (SSSR count). The lowest BCUT2D eigenvalue weighted by Crippen LogP contribution is -2.40.